The van der Waals surface area contributed by atoms with E-state index in [0.717, 1.165) is 43.0 Å². The molecule has 2 aromatic carbocycles. The number of nitrogens with zero attached hydrogens (tertiary/aromatic N) is 5. The summed E-state index contributed by atoms with van der Waals surface area (Å²) in [6, 6.07) is 17.1. The molecule has 2 aliphatic rings. The number of piperazine rings is 1. The fourth-order valence-corrected chi connectivity index (χ4v) is 7.40. The predicted molar refractivity (Wildman–Crippen MR) is 162 cm³/mol. The van der Waals surface area contributed by atoms with Gasteiger partial charge in [0, 0.05) is 0 Å². The van der Waals surface area contributed by atoms with Gasteiger partial charge in [-0.2, -0.15) is 0 Å². The third-order valence-corrected chi connectivity index (χ3v) is 10.4. The molecule has 0 radical (unpaired) electrons. The first-order valence-electron chi connectivity index (χ1n) is 14.3. The zero-order valence-corrected chi connectivity index (χ0v) is 26.7. The molecule has 3 aromatic rings. The van der Waals surface area contributed by atoms with E-state index >= 15 is 0 Å². The predicted octanol–water partition coefficient (Wildman–Crippen LogP) is 2.55. The Labute approximate surface area is 253 Å². The van der Waals surface area contributed by atoms with E-state index in [0.29, 0.717) is 22.2 Å². The molecule has 1 fully saturated rings. The van der Waals surface area contributed by atoms with Crippen molar-refractivity contribution in [2.45, 2.75) is 45.6 Å². The number of hydrogen-bond acceptors (Lipinski definition) is 8. The van der Waals surface area contributed by atoms with E-state index in [1.807, 2.05) is 68.4 Å². The van der Waals surface area contributed by atoms with Crippen molar-refractivity contribution in [1.29, 1.82) is 0 Å². The molecule has 5 rings (SSSR count). The first-order valence-corrected chi connectivity index (χ1v) is 16.4. The van der Waals surface area contributed by atoms with Crippen molar-refractivity contribution in [3.05, 3.63) is 77.0 Å². The number of amides is 1. The first kappa shape index (κ1) is 30.0. The number of carbonyl (C=O) groups excluding carboxylic acids is 3. The summed E-state index contributed by atoms with van der Waals surface area (Å²) in [7, 11) is 3.63. The molecule has 1 saturated heterocycles. The molecule has 0 N–H and O–H groups in total. The molecule has 0 spiro atoms. The van der Waals surface area contributed by atoms with Crippen LogP contribution in [0.3, 0.4) is 0 Å². The maximum atomic E-state index is 13.6. The Morgan fingerprint density at radius 3 is 2.31 bits per heavy atom. The molecule has 10 nitrogen and oxygen atoms in total. The quantitative estimate of drug-likeness (QED) is 0.331. The van der Waals surface area contributed by atoms with Crippen molar-refractivity contribution < 1.29 is 23.9 Å². The molecule has 11 heteroatoms. The standard InChI is InChI=1S/C31H38AsN5O5/c1-5-21(2)42-31(40)37-26-20-36(30(39)27(41-4)22-9-7-6-8-10-22)19-25(26)28(33-37)32-29(38)23-11-13-24(14-12-23)35-17-15-34(3)16-18-35/h6-14,21,27,32H,5,15-20H2,1-4H3/t21?,27-/m1/s1. The zero-order valence-electron chi connectivity index (χ0n) is 24.6. The summed E-state index contributed by atoms with van der Waals surface area (Å²) >= 11 is -1.42. The molecule has 0 bridgehead atoms. The fourth-order valence-electron chi connectivity index (χ4n) is 5.20. The van der Waals surface area contributed by atoms with Crippen LogP contribution in [-0.4, -0.2) is 98.3 Å². The molecule has 1 aromatic heterocycles. The van der Waals surface area contributed by atoms with Gasteiger partial charge in [-0.15, -0.1) is 0 Å². The summed E-state index contributed by atoms with van der Waals surface area (Å²) in [6.45, 7) is 8.13. The molecule has 0 aliphatic carbocycles. The molecule has 2 aliphatic heterocycles. The van der Waals surface area contributed by atoms with Crippen LogP contribution in [0.25, 0.3) is 0 Å². The Hall–Kier alpha value is -3.46. The van der Waals surface area contributed by atoms with Crippen molar-refractivity contribution in [2.75, 3.05) is 45.2 Å². The SMILES string of the molecule is CCC(C)OC(=O)n1nc([AsH]C(=O)c2ccc(N3CCN(C)CC3)cc2)c2c1CN(C(=O)[C@H](OC)c1ccccc1)C2. The molecular weight excluding hydrogens is 597 g/mol. The summed E-state index contributed by atoms with van der Waals surface area (Å²) in [5, 5.41) is 4.59. The van der Waals surface area contributed by atoms with Crippen molar-refractivity contribution in [1.82, 2.24) is 19.6 Å². The number of anilines is 1. The Morgan fingerprint density at radius 1 is 0.976 bits per heavy atom. The van der Waals surface area contributed by atoms with E-state index in [4.69, 9.17) is 9.47 Å². The van der Waals surface area contributed by atoms with Crippen LogP contribution in [0.15, 0.2) is 54.6 Å². The van der Waals surface area contributed by atoms with Crippen LogP contribution in [0.1, 0.15) is 53.6 Å². The minimum absolute atomic E-state index is 0.0199. The maximum absolute atomic E-state index is 13.6. The average Bonchev–Trinajstić information content (AvgIpc) is 3.59. The molecule has 3 atom stereocenters. The van der Waals surface area contributed by atoms with Gasteiger partial charge in [0.25, 0.3) is 0 Å². The summed E-state index contributed by atoms with van der Waals surface area (Å²) in [5.74, 6) is -0.210. The van der Waals surface area contributed by atoms with Crippen LogP contribution < -0.4 is 9.38 Å². The van der Waals surface area contributed by atoms with Crippen LogP contribution in [0.4, 0.5) is 10.5 Å². The summed E-state index contributed by atoms with van der Waals surface area (Å²) < 4.78 is 13.0. The molecule has 1 amide bonds. The third kappa shape index (κ3) is 6.46. The molecular formula is C31H38AsN5O5. The van der Waals surface area contributed by atoms with Crippen LogP contribution >= 0.6 is 0 Å². The molecule has 2 unspecified atom stereocenters. The number of benzene rings is 2. The summed E-state index contributed by atoms with van der Waals surface area (Å²) in [6.07, 6.45) is -0.991. The average molecular weight is 636 g/mol. The normalized spacial score (nSPS) is 17.0. The van der Waals surface area contributed by atoms with Gasteiger partial charge in [0.1, 0.15) is 0 Å². The number of methoxy groups -OCH3 is 1. The number of rotatable bonds is 9. The van der Waals surface area contributed by atoms with Crippen LogP contribution in [0.2, 0.25) is 0 Å². The van der Waals surface area contributed by atoms with Gasteiger partial charge in [-0.05, 0) is 0 Å². The van der Waals surface area contributed by atoms with Crippen LogP contribution in [0, 0.1) is 0 Å². The molecule has 0 saturated carbocycles. The van der Waals surface area contributed by atoms with Crippen LogP contribution in [0.5, 0.6) is 0 Å². The number of carbonyl (C=O) groups is 3. The Bertz CT molecular complexity index is 1420. The molecule has 42 heavy (non-hydrogen) atoms. The minimum atomic E-state index is -1.42. The van der Waals surface area contributed by atoms with E-state index in [-0.39, 0.29) is 29.7 Å². The van der Waals surface area contributed by atoms with Crippen molar-refractivity contribution >= 4 is 42.5 Å². The van der Waals surface area contributed by atoms with E-state index in [9.17, 15) is 14.4 Å². The Morgan fingerprint density at radius 2 is 1.67 bits per heavy atom. The first-order chi connectivity index (χ1) is 20.3. The topological polar surface area (TPSA) is 97.2 Å². The van der Waals surface area contributed by atoms with E-state index in [1.165, 1.54) is 11.8 Å². The number of fused-ring (bicyclic) bond motifs is 1. The van der Waals surface area contributed by atoms with Gasteiger partial charge >= 0.3 is 254 Å². The number of ether oxygens (including phenoxy) is 2. The zero-order chi connectivity index (χ0) is 29.8. The van der Waals surface area contributed by atoms with Gasteiger partial charge in [-0.1, -0.05) is 0 Å². The van der Waals surface area contributed by atoms with Gasteiger partial charge in [0.15, 0.2) is 0 Å². The van der Waals surface area contributed by atoms with Gasteiger partial charge < -0.3 is 0 Å². The summed E-state index contributed by atoms with van der Waals surface area (Å²) in [4.78, 5) is 46.5. The van der Waals surface area contributed by atoms with Crippen molar-refractivity contribution in [2.24, 2.45) is 0 Å². The van der Waals surface area contributed by atoms with E-state index in [1.54, 1.807) is 4.90 Å². The number of likely N-dealkylation sites (N-methyl/N-ethyl adjacent to an activating group) is 1. The fraction of sp³-hybridized carbons (Fsp3) is 0.419. The van der Waals surface area contributed by atoms with Gasteiger partial charge in [0.2, 0.25) is 0 Å². The van der Waals surface area contributed by atoms with Gasteiger partial charge in [0.05, 0.1) is 0 Å². The monoisotopic (exact) mass is 635 g/mol. The molecule has 3 heterocycles. The number of aromatic nitrogens is 2. The Balaban J connectivity index is 1.36. The van der Waals surface area contributed by atoms with E-state index in [2.05, 4.69) is 21.9 Å². The van der Waals surface area contributed by atoms with E-state index < -0.39 is 27.9 Å². The Kier molecular flexibility index (Phi) is 9.46. The van der Waals surface area contributed by atoms with Crippen molar-refractivity contribution in [3.63, 3.8) is 0 Å². The number of hydrogen-bond donors (Lipinski definition) is 0. The van der Waals surface area contributed by atoms with Gasteiger partial charge in [-0.25, -0.2) is 0 Å². The second-order valence-corrected chi connectivity index (χ2v) is 13.3. The second kappa shape index (κ2) is 13.2. The van der Waals surface area contributed by atoms with Crippen molar-refractivity contribution in [3.8, 4) is 0 Å². The summed E-state index contributed by atoms with van der Waals surface area (Å²) in [5.41, 5.74) is 3.85. The third-order valence-electron chi connectivity index (χ3n) is 7.93. The molecule has 222 valence electrons. The second-order valence-electron chi connectivity index (χ2n) is 10.8. The van der Waals surface area contributed by atoms with Gasteiger partial charge in [-0.3, -0.25) is 0 Å². The van der Waals surface area contributed by atoms with Crippen LogP contribution in [-0.2, 0) is 27.4 Å².